The lowest BCUT2D eigenvalue weighted by molar-refractivity contribution is -0.174. The summed E-state index contributed by atoms with van der Waals surface area (Å²) in [5.74, 6) is -2.09. The molecular weight excluding hydrogens is 466 g/mol. The molecular formula is C28H24ClNO5. The van der Waals surface area contributed by atoms with Gasteiger partial charge < -0.3 is 14.4 Å². The van der Waals surface area contributed by atoms with E-state index in [0.717, 1.165) is 5.56 Å². The molecule has 0 amide bonds. The maximum absolute atomic E-state index is 13.7. The normalized spacial score (nSPS) is 18.3. The molecule has 0 radical (unpaired) electrons. The first kappa shape index (κ1) is 24.2. The number of nitrogens with zero attached hydrogens (tertiary/aromatic N) is 1. The molecule has 1 heterocycles. The van der Waals surface area contributed by atoms with Gasteiger partial charge in [-0.05, 0) is 41.5 Å². The van der Waals surface area contributed by atoms with Crippen LogP contribution in [0.15, 0.2) is 90.6 Å². The second-order valence-electron chi connectivity index (χ2n) is 8.15. The molecule has 0 aromatic heterocycles. The van der Waals surface area contributed by atoms with E-state index in [0.29, 0.717) is 22.0 Å². The number of Topliss-reactive ketones (excluding diaryl/α,β-unsaturated/α-hetero) is 1. The van der Waals surface area contributed by atoms with Gasteiger partial charge in [-0.2, -0.15) is 0 Å². The second-order valence-corrected chi connectivity index (χ2v) is 8.59. The summed E-state index contributed by atoms with van der Waals surface area (Å²) in [7, 11) is 2.39. The Kier molecular flexibility index (Phi) is 7.03. The van der Waals surface area contributed by atoms with Gasteiger partial charge in [0.2, 0.25) is 0 Å². The Balaban J connectivity index is 2.06. The SMILES string of the molecule is COC(=O)C1(C(=O)OC)CC(=O)/C(=C/c2ccccc2)N(c2ccccc2)C1c1ccc(Cl)cc1. The largest absolute Gasteiger partial charge is 0.468 e. The van der Waals surface area contributed by atoms with Crippen molar-refractivity contribution in [1.29, 1.82) is 0 Å². The van der Waals surface area contributed by atoms with E-state index in [1.54, 1.807) is 35.2 Å². The summed E-state index contributed by atoms with van der Waals surface area (Å²) in [5, 5.41) is 0.494. The van der Waals surface area contributed by atoms with Crippen LogP contribution in [-0.2, 0) is 23.9 Å². The van der Waals surface area contributed by atoms with Crippen LogP contribution >= 0.6 is 11.6 Å². The van der Waals surface area contributed by atoms with Gasteiger partial charge in [-0.15, -0.1) is 0 Å². The Morgan fingerprint density at radius 2 is 1.43 bits per heavy atom. The lowest BCUT2D eigenvalue weighted by atomic mass is 9.68. The van der Waals surface area contributed by atoms with Crippen LogP contribution in [0.25, 0.3) is 6.08 Å². The molecule has 1 atom stereocenters. The first-order chi connectivity index (χ1) is 16.9. The van der Waals surface area contributed by atoms with Crippen LogP contribution in [0, 0.1) is 5.41 Å². The highest BCUT2D eigenvalue weighted by Crippen LogP contribution is 2.51. The van der Waals surface area contributed by atoms with Crippen LogP contribution in [0.1, 0.15) is 23.6 Å². The van der Waals surface area contributed by atoms with E-state index in [4.69, 9.17) is 21.1 Å². The van der Waals surface area contributed by atoms with Gasteiger partial charge >= 0.3 is 11.9 Å². The molecule has 1 saturated heterocycles. The van der Waals surface area contributed by atoms with Crippen molar-refractivity contribution in [1.82, 2.24) is 0 Å². The average molecular weight is 490 g/mol. The minimum absolute atomic E-state index is 0.339. The number of allylic oxidation sites excluding steroid dienone is 1. The summed E-state index contributed by atoms with van der Waals surface area (Å²) in [6.45, 7) is 0. The molecule has 178 valence electrons. The van der Waals surface area contributed by atoms with E-state index >= 15 is 0 Å². The zero-order valence-corrected chi connectivity index (χ0v) is 20.1. The number of hydrogen-bond acceptors (Lipinski definition) is 6. The van der Waals surface area contributed by atoms with Crippen molar-refractivity contribution < 1.29 is 23.9 Å². The molecule has 1 fully saturated rings. The lowest BCUT2D eigenvalue weighted by Crippen LogP contribution is -2.57. The molecule has 0 bridgehead atoms. The van der Waals surface area contributed by atoms with Crippen LogP contribution in [0.3, 0.4) is 0 Å². The molecule has 35 heavy (non-hydrogen) atoms. The molecule has 1 unspecified atom stereocenters. The smallest absolute Gasteiger partial charge is 0.326 e. The maximum atomic E-state index is 13.7. The molecule has 0 saturated carbocycles. The minimum atomic E-state index is -1.95. The van der Waals surface area contributed by atoms with E-state index in [1.807, 2.05) is 60.7 Å². The number of hydrogen-bond donors (Lipinski definition) is 0. The number of esters is 2. The highest BCUT2D eigenvalue weighted by molar-refractivity contribution is 6.30. The number of benzene rings is 3. The summed E-state index contributed by atoms with van der Waals surface area (Å²) >= 11 is 6.15. The second kappa shape index (κ2) is 10.2. The van der Waals surface area contributed by atoms with Crippen molar-refractivity contribution >= 4 is 41.1 Å². The number of halogens is 1. The summed E-state index contributed by atoms with van der Waals surface area (Å²) in [6, 6.07) is 24.4. The van der Waals surface area contributed by atoms with Gasteiger partial charge in [0.15, 0.2) is 11.2 Å². The molecule has 7 heteroatoms. The fourth-order valence-electron chi connectivity index (χ4n) is 4.56. The predicted molar refractivity (Wildman–Crippen MR) is 134 cm³/mol. The third-order valence-corrected chi connectivity index (χ3v) is 6.38. The fraction of sp³-hybridized carbons (Fsp3) is 0.179. The predicted octanol–water partition coefficient (Wildman–Crippen LogP) is 5.23. The Hall–Kier alpha value is -3.90. The van der Waals surface area contributed by atoms with Crippen LogP contribution in [-0.4, -0.2) is 31.9 Å². The Morgan fingerprint density at radius 1 is 0.886 bits per heavy atom. The number of carbonyl (C=O) groups is 3. The Morgan fingerprint density at radius 3 is 1.97 bits per heavy atom. The van der Waals surface area contributed by atoms with Gasteiger partial charge in [-0.3, -0.25) is 14.4 Å². The average Bonchev–Trinajstić information content (AvgIpc) is 2.90. The lowest BCUT2D eigenvalue weighted by Gasteiger charge is -2.47. The first-order valence-corrected chi connectivity index (χ1v) is 11.4. The highest BCUT2D eigenvalue weighted by atomic mass is 35.5. The number of anilines is 1. The van der Waals surface area contributed by atoms with Crippen molar-refractivity contribution in [2.24, 2.45) is 5.41 Å². The van der Waals surface area contributed by atoms with Crippen LogP contribution in [0.2, 0.25) is 5.02 Å². The van der Waals surface area contributed by atoms with Gasteiger partial charge in [-0.1, -0.05) is 72.3 Å². The summed E-state index contributed by atoms with van der Waals surface area (Å²) in [5.41, 5.74) is 0.416. The van der Waals surface area contributed by atoms with Crippen molar-refractivity contribution in [3.05, 3.63) is 107 Å². The number of rotatable bonds is 5. The number of methoxy groups -OCH3 is 2. The minimum Gasteiger partial charge on any atom is -0.468 e. The third kappa shape index (κ3) is 4.45. The molecule has 3 aromatic rings. The number of ether oxygens (including phenoxy) is 2. The van der Waals surface area contributed by atoms with E-state index in [-0.39, 0.29) is 0 Å². The van der Waals surface area contributed by atoms with E-state index in [9.17, 15) is 14.4 Å². The molecule has 4 rings (SSSR count). The number of piperidine rings is 1. The van der Waals surface area contributed by atoms with Crippen molar-refractivity contribution in [3.8, 4) is 0 Å². The molecule has 1 aliphatic heterocycles. The van der Waals surface area contributed by atoms with Gasteiger partial charge in [0.05, 0.1) is 26.0 Å². The topological polar surface area (TPSA) is 72.9 Å². The fourth-order valence-corrected chi connectivity index (χ4v) is 4.69. The first-order valence-electron chi connectivity index (χ1n) is 11.0. The zero-order valence-electron chi connectivity index (χ0n) is 19.3. The molecule has 0 aliphatic carbocycles. The number of para-hydroxylation sites is 1. The van der Waals surface area contributed by atoms with Crippen LogP contribution < -0.4 is 4.90 Å². The Bertz CT molecular complexity index is 1240. The molecule has 6 nitrogen and oxygen atoms in total. The van der Waals surface area contributed by atoms with E-state index < -0.39 is 35.6 Å². The van der Waals surface area contributed by atoms with Crippen LogP contribution in [0.5, 0.6) is 0 Å². The van der Waals surface area contributed by atoms with E-state index in [1.165, 1.54) is 14.2 Å². The summed E-state index contributed by atoms with van der Waals surface area (Å²) < 4.78 is 10.2. The van der Waals surface area contributed by atoms with Crippen LogP contribution in [0.4, 0.5) is 5.69 Å². The third-order valence-electron chi connectivity index (χ3n) is 6.13. The van der Waals surface area contributed by atoms with Gasteiger partial charge in [0.1, 0.15) is 0 Å². The van der Waals surface area contributed by atoms with Gasteiger partial charge in [-0.25, -0.2) is 0 Å². The molecule has 0 N–H and O–H groups in total. The zero-order chi connectivity index (χ0) is 25.0. The standard InChI is InChI=1S/C28H24ClNO5/c1-34-26(32)28(27(33)35-2)18-24(31)23(17-19-9-5-3-6-10-19)30(22-11-7-4-8-12-22)25(28)20-13-15-21(29)16-14-20/h3-17,25H,18H2,1-2H3/b23-17-. The monoisotopic (exact) mass is 489 g/mol. The van der Waals surface area contributed by atoms with E-state index in [2.05, 4.69) is 0 Å². The number of carbonyl (C=O) groups excluding carboxylic acids is 3. The number of ketones is 1. The highest BCUT2D eigenvalue weighted by Gasteiger charge is 2.62. The molecule has 1 aliphatic rings. The van der Waals surface area contributed by atoms with Gasteiger partial charge in [0.25, 0.3) is 0 Å². The van der Waals surface area contributed by atoms with Gasteiger partial charge in [0, 0.05) is 17.1 Å². The Labute approximate surface area is 208 Å². The molecule has 0 spiro atoms. The maximum Gasteiger partial charge on any atom is 0.326 e. The summed E-state index contributed by atoms with van der Waals surface area (Å²) in [6.07, 6.45) is 1.35. The quantitative estimate of drug-likeness (QED) is 0.277. The van der Waals surface area contributed by atoms with Crippen molar-refractivity contribution in [3.63, 3.8) is 0 Å². The summed E-state index contributed by atoms with van der Waals surface area (Å²) in [4.78, 5) is 42.2. The van der Waals surface area contributed by atoms with Crippen molar-refractivity contribution in [2.75, 3.05) is 19.1 Å². The van der Waals surface area contributed by atoms with Crippen molar-refractivity contribution in [2.45, 2.75) is 12.5 Å². The molecule has 3 aromatic carbocycles.